The number of rotatable bonds is 4. The maximum atomic E-state index is 10.0. The Labute approximate surface area is 116 Å². The molecule has 1 aromatic heterocycles. The summed E-state index contributed by atoms with van der Waals surface area (Å²) in [5.74, 6) is 0.359. The Bertz CT molecular complexity index is 676. The highest BCUT2D eigenvalue weighted by Crippen LogP contribution is 2.26. The maximum Gasteiger partial charge on any atom is 0.120 e. The zero-order chi connectivity index (χ0) is 13.1. The Morgan fingerprint density at radius 1 is 0.947 bits per heavy atom. The van der Waals surface area contributed by atoms with E-state index in [1.54, 1.807) is 17.4 Å². The highest BCUT2D eigenvalue weighted by molar-refractivity contribution is 7.09. The number of benzene rings is 2. The number of fused-ring (bicyclic) bond motifs is 1. The van der Waals surface area contributed by atoms with Crippen molar-refractivity contribution in [1.82, 2.24) is 5.32 Å². The van der Waals surface area contributed by atoms with Crippen LogP contribution in [0.3, 0.4) is 0 Å². The van der Waals surface area contributed by atoms with Crippen LogP contribution in [-0.4, -0.2) is 5.11 Å². The van der Waals surface area contributed by atoms with Crippen molar-refractivity contribution in [2.75, 3.05) is 0 Å². The Kier molecular flexibility index (Phi) is 3.49. The Hall–Kier alpha value is -1.84. The van der Waals surface area contributed by atoms with Crippen molar-refractivity contribution >= 4 is 22.1 Å². The minimum Gasteiger partial charge on any atom is -0.508 e. The van der Waals surface area contributed by atoms with Gasteiger partial charge in [-0.2, -0.15) is 0 Å². The van der Waals surface area contributed by atoms with Gasteiger partial charge in [0, 0.05) is 23.5 Å². The number of phenolic OH excluding ortho intramolecular Hbond substituents is 1. The van der Waals surface area contributed by atoms with Crippen LogP contribution in [0, 0.1) is 0 Å². The van der Waals surface area contributed by atoms with E-state index in [2.05, 4.69) is 35.0 Å². The lowest BCUT2D eigenvalue weighted by Gasteiger charge is -2.10. The van der Waals surface area contributed by atoms with Crippen molar-refractivity contribution in [3.63, 3.8) is 0 Å². The second-order valence-corrected chi connectivity index (χ2v) is 5.50. The fourth-order valence-electron chi connectivity index (χ4n) is 2.23. The van der Waals surface area contributed by atoms with Gasteiger partial charge in [0.2, 0.25) is 0 Å². The molecule has 0 unspecified atom stereocenters. The fourth-order valence-corrected chi connectivity index (χ4v) is 2.91. The van der Waals surface area contributed by atoms with Gasteiger partial charge in [-0.15, -0.1) is 11.3 Å². The van der Waals surface area contributed by atoms with Crippen molar-refractivity contribution in [3.05, 3.63) is 64.4 Å². The van der Waals surface area contributed by atoms with E-state index in [0.29, 0.717) is 12.3 Å². The minimum atomic E-state index is 0.359. The van der Waals surface area contributed by atoms with Crippen LogP contribution in [0.5, 0.6) is 5.75 Å². The monoisotopic (exact) mass is 269 g/mol. The molecule has 3 rings (SSSR count). The van der Waals surface area contributed by atoms with Crippen LogP contribution in [0.2, 0.25) is 0 Å². The fraction of sp³-hybridized carbons (Fsp3) is 0.125. The van der Waals surface area contributed by atoms with Gasteiger partial charge in [-0.05, 0) is 28.3 Å². The van der Waals surface area contributed by atoms with Gasteiger partial charge >= 0.3 is 0 Å². The van der Waals surface area contributed by atoms with Gasteiger partial charge in [0.25, 0.3) is 0 Å². The SMILES string of the molecule is Oc1ccc2ccccc2c1CNCc1cccs1. The highest BCUT2D eigenvalue weighted by atomic mass is 32.1. The first kappa shape index (κ1) is 12.2. The maximum absolute atomic E-state index is 10.0. The molecule has 3 aromatic rings. The molecular weight excluding hydrogens is 254 g/mol. The quantitative estimate of drug-likeness (QED) is 0.753. The average molecular weight is 269 g/mol. The van der Waals surface area contributed by atoms with Crippen LogP contribution in [0.1, 0.15) is 10.4 Å². The molecule has 96 valence electrons. The third kappa shape index (κ3) is 2.62. The third-order valence-electron chi connectivity index (χ3n) is 3.20. The predicted octanol–water partition coefficient (Wildman–Crippen LogP) is 3.90. The van der Waals surface area contributed by atoms with E-state index in [1.165, 1.54) is 4.88 Å². The normalized spacial score (nSPS) is 10.9. The molecule has 0 radical (unpaired) electrons. The molecule has 0 aliphatic heterocycles. The second-order valence-electron chi connectivity index (χ2n) is 4.47. The van der Waals surface area contributed by atoms with Gasteiger partial charge in [0.05, 0.1) is 0 Å². The summed E-state index contributed by atoms with van der Waals surface area (Å²) in [7, 11) is 0. The van der Waals surface area contributed by atoms with Crippen LogP contribution < -0.4 is 5.32 Å². The number of hydrogen-bond acceptors (Lipinski definition) is 3. The van der Waals surface area contributed by atoms with E-state index in [4.69, 9.17) is 0 Å². The lowest BCUT2D eigenvalue weighted by molar-refractivity contribution is 0.466. The first-order valence-electron chi connectivity index (χ1n) is 6.27. The van der Waals surface area contributed by atoms with E-state index in [9.17, 15) is 5.11 Å². The number of thiophene rings is 1. The molecule has 0 bridgehead atoms. The lowest BCUT2D eigenvalue weighted by atomic mass is 10.0. The summed E-state index contributed by atoms with van der Waals surface area (Å²) >= 11 is 1.74. The zero-order valence-corrected chi connectivity index (χ0v) is 11.3. The molecule has 0 atom stereocenters. The van der Waals surface area contributed by atoms with Crippen molar-refractivity contribution < 1.29 is 5.11 Å². The highest BCUT2D eigenvalue weighted by Gasteiger charge is 2.06. The summed E-state index contributed by atoms with van der Waals surface area (Å²) in [5.41, 5.74) is 0.967. The third-order valence-corrected chi connectivity index (χ3v) is 4.07. The topological polar surface area (TPSA) is 32.3 Å². The van der Waals surface area contributed by atoms with Crippen molar-refractivity contribution in [2.45, 2.75) is 13.1 Å². The first-order valence-corrected chi connectivity index (χ1v) is 7.15. The van der Waals surface area contributed by atoms with Crippen LogP contribution in [0.25, 0.3) is 10.8 Å². The van der Waals surface area contributed by atoms with E-state index in [0.717, 1.165) is 22.9 Å². The number of nitrogens with one attached hydrogen (secondary N) is 1. The summed E-state index contributed by atoms with van der Waals surface area (Å²) in [4.78, 5) is 1.31. The Balaban J connectivity index is 1.81. The molecule has 0 fully saturated rings. The predicted molar refractivity (Wildman–Crippen MR) is 80.5 cm³/mol. The number of hydrogen-bond donors (Lipinski definition) is 2. The molecule has 19 heavy (non-hydrogen) atoms. The van der Waals surface area contributed by atoms with Gasteiger partial charge in [0.15, 0.2) is 0 Å². The Morgan fingerprint density at radius 2 is 1.84 bits per heavy atom. The molecule has 1 heterocycles. The summed E-state index contributed by atoms with van der Waals surface area (Å²) in [5, 5.41) is 17.8. The standard InChI is InChI=1S/C16H15NOS/c18-16-8-7-12-4-1-2-6-14(12)15(16)11-17-10-13-5-3-9-19-13/h1-9,17-18H,10-11H2. The van der Waals surface area contributed by atoms with Crippen molar-refractivity contribution in [3.8, 4) is 5.75 Å². The Morgan fingerprint density at radius 3 is 2.68 bits per heavy atom. The van der Waals surface area contributed by atoms with Crippen molar-refractivity contribution in [1.29, 1.82) is 0 Å². The second kappa shape index (κ2) is 5.43. The van der Waals surface area contributed by atoms with Gasteiger partial charge in [-0.25, -0.2) is 0 Å². The van der Waals surface area contributed by atoms with Gasteiger partial charge in [0.1, 0.15) is 5.75 Å². The van der Waals surface area contributed by atoms with Crippen molar-refractivity contribution in [2.24, 2.45) is 0 Å². The summed E-state index contributed by atoms with van der Waals surface area (Å²) in [6.07, 6.45) is 0. The largest absolute Gasteiger partial charge is 0.508 e. The summed E-state index contributed by atoms with van der Waals surface area (Å²) in [6, 6.07) is 16.0. The molecule has 0 saturated heterocycles. The van der Waals surface area contributed by atoms with Gasteiger partial charge < -0.3 is 10.4 Å². The first-order chi connectivity index (χ1) is 9.34. The minimum absolute atomic E-state index is 0.359. The lowest BCUT2D eigenvalue weighted by Crippen LogP contribution is -2.12. The van der Waals surface area contributed by atoms with Crippen LogP contribution in [0.4, 0.5) is 0 Å². The average Bonchev–Trinajstić information content (AvgIpc) is 2.94. The molecule has 0 amide bonds. The van der Waals surface area contributed by atoms with E-state index < -0.39 is 0 Å². The smallest absolute Gasteiger partial charge is 0.120 e. The summed E-state index contributed by atoms with van der Waals surface area (Å²) in [6.45, 7) is 1.51. The molecule has 2 aromatic carbocycles. The molecular formula is C16H15NOS. The molecule has 2 nitrogen and oxygen atoms in total. The number of aromatic hydroxyl groups is 1. The van der Waals surface area contributed by atoms with Crippen LogP contribution in [0.15, 0.2) is 53.9 Å². The van der Waals surface area contributed by atoms with E-state index in [-0.39, 0.29) is 0 Å². The van der Waals surface area contributed by atoms with E-state index >= 15 is 0 Å². The zero-order valence-electron chi connectivity index (χ0n) is 10.5. The van der Waals surface area contributed by atoms with Gasteiger partial charge in [-0.3, -0.25) is 0 Å². The summed E-state index contributed by atoms with van der Waals surface area (Å²) < 4.78 is 0. The molecule has 0 saturated carbocycles. The molecule has 0 spiro atoms. The molecule has 2 N–H and O–H groups in total. The van der Waals surface area contributed by atoms with Crippen LogP contribution >= 0.6 is 11.3 Å². The number of phenols is 1. The molecule has 0 aliphatic carbocycles. The molecule has 3 heteroatoms. The molecule has 0 aliphatic rings. The van der Waals surface area contributed by atoms with E-state index in [1.807, 2.05) is 18.2 Å². The van der Waals surface area contributed by atoms with Gasteiger partial charge in [-0.1, -0.05) is 36.4 Å². The van der Waals surface area contributed by atoms with Crippen LogP contribution in [-0.2, 0) is 13.1 Å².